The van der Waals surface area contributed by atoms with E-state index < -0.39 is 7.82 Å². The lowest BCUT2D eigenvalue weighted by Crippen LogP contribution is -1.66. The van der Waals surface area contributed by atoms with Crippen molar-refractivity contribution in [2.75, 3.05) is 6.54 Å². The quantitative estimate of drug-likeness (QED) is 0.321. The number of hydrogen-bond acceptors (Lipinski definition) is 3. The first-order chi connectivity index (χ1) is 4.41. The van der Waals surface area contributed by atoms with Gasteiger partial charge in [-0.2, -0.15) is 0 Å². The molecular formula is C3H9N2O4P. The van der Waals surface area contributed by atoms with Gasteiger partial charge in [-0.3, -0.25) is 0 Å². The molecule has 0 bridgehead atoms. The first-order valence-electron chi connectivity index (χ1n) is 2.28. The lowest BCUT2D eigenvalue weighted by atomic mass is 10.8. The van der Waals surface area contributed by atoms with Crippen LogP contribution in [0.25, 0.3) is 0 Å². The molecule has 0 rings (SSSR count). The molecule has 4 N–H and O–H groups in total. The average molecular weight is 168 g/mol. The lowest BCUT2D eigenvalue weighted by Gasteiger charge is -1.82. The first-order valence-corrected chi connectivity index (χ1v) is 3.84. The van der Waals surface area contributed by atoms with Crippen molar-refractivity contribution in [2.24, 2.45) is 4.99 Å². The highest BCUT2D eigenvalue weighted by molar-refractivity contribution is 7.45. The molecule has 0 radical (unpaired) electrons. The van der Waals surface area contributed by atoms with E-state index in [4.69, 9.17) is 24.7 Å². The molecule has 0 saturated carbocycles. The van der Waals surface area contributed by atoms with Crippen LogP contribution in [-0.2, 0) is 4.57 Å². The van der Waals surface area contributed by atoms with Crippen molar-refractivity contribution < 1.29 is 19.2 Å². The van der Waals surface area contributed by atoms with E-state index >= 15 is 0 Å². The molecule has 0 atom stereocenters. The van der Waals surface area contributed by atoms with E-state index in [1.165, 1.54) is 0 Å². The Morgan fingerprint density at radius 3 is 1.90 bits per heavy atom. The number of phosphoric acid groups is 1. The van der Waals surface area contributed by atoms with Gasteiger partial charge in [-0.1, -0.05) is 0 Å². The van der Waals surface area contributed by atoms with E-state index in [9.17, 15) is 0 Å². The van der Waals surface area contributed by atoms with Crippen LogP contribution < -0.4 is 0 Å². The predicted molar refractivity (Wildman–Crippen MR) is 35.0 cm³/mol. The summed E-state index contributed by atoms with van der Waals surface area (Å²) in [7, 11) is -4.64. The van der Waals surface area contributed by atoms with E-state index in [-0.39, 0.29) is 0 Å². The zero-order chi connectivity index (χ0) is 8.62. The van der Waals surface area contributed by atoms with Crippen LogP contribution in [0.2, 0.25) is 0 Å². The third-order valence-electron chi connectivity index (χ3n) is 0.237. The molecule has 10 heavy (non-hydrogen) atoms. The summed E-state index contributed by atoms with van der Waals surface area (Å²) in [6.07, 6.45) is 0. The van der Waals surface area contributed by atoms with Crippen LogP contribution in [-0.4, -0.2) is 27.2 Å². The van der Waals surface area contributed by atoms with Gasteiger partial charge in [0.2, 0.25) is 0 Å². The molecule has 6 nitrogen and oxygen atoms in total. The minimum atomic E-state index is -4.64. The van der Waals surface area contributed by atoms with Crippen LogP contribution in [0.5, 0.6) is 0 Å². The topological polar surface area (TPSA) is 114 Å². The van der Waals surface area contributed by atoms with E-state index in [2.05, 4.69) is 4.99 Å². The average Bonchev–Trinajstić information content (AvgIpc) is 1.63. The summed E-state index contributed by atoms with van der Waals surface area (Å²) in [4.78, 5) is 25.0. The Bertz CT molecular complexity index is 150. The van der Waals surface area contributed by atoms with Gasteiger partial charge in [0.15, 0.2) is 0 Å². The van der Waals surface area contributed by atoms with Crippen LogP contribution in [0.3, 0.4) is 0 Å². The molecule has 60 valence electrons. The summed E-state index contributed by atoms with van der Waals surface area (Å²) in [5, 5.41) is 6.19. The molecular weight excluding hydrogens is 159 g/mol. The maximum absolute atomic E-state index is 8.88. The minimum absolute atomic E-state index is 0.670. The molecule has 0 saturated heterocycles. The molecule has 0 unspecified atom stereocenters. The SMILES string of the molecule is CCN=C=N.O=P(O)(O)O. The van der Waals surface area contributed by atoms with Gasteiger partial charge in [0.05, 0.1) is 6.01 Å². The van der Waals surface area contributed by atoms with Crippen molar-refractivity contribution >= 4 is 13.8 Å². The minimum Gasteiger partial charge on any atom is -0.303 e. The summed E-state index contributed by atoms with van der Waals surface area (Å²) in [6, 6.07) is 1.89. The summed E-state index contributed by atoms with van der Waals surface area (Å²) >= 11 is 0. The highest BCUT2D eigenvalue weighted by atomic mass is 31.2. The molecule has 0 aromatic rings. The molecule has 0 aromatic heterocycles. The largest absolute Gasteiger partial charge is 0.466 e. The molecule has 7 heteroatoms. The van der Waals surface area contributed by atoms with Crippen LogP contribution in [0.15, 0.2) is 4.99 Å². The second kappa shape index (κ2) is 6.61. The molecule has 0 aliphatic heterocycles. The smallest absolute Gasteiger partial charge is 0.303 e. The van der Waals surface area contributed by atoms with Gasteiger partial charge in [-0.05, 0) is 6.92 Å². The Hall–Kier alpha value is -0.510. The van der Waals surface area contributed by atoms with Crippen LogP contribution in [0.1, 0.15) is 6.92 Å². The number of rotatable bonds is 1. The number of nitrogens with one attached hydrogen (secondary N) is 1. The summed E-state index contributed by atoms with van der Waals surface area (Å²) in [5.41, 5.74) is 0. The summed E-state index contributed by atoms with van der Waals surface area (Å²) in [6.45, 7) is 2.53. The normalized spacial score (nSPS) is 8.80. The second-order valence-corrected chi connectivity index (χ2v) is 2.13. The maximum Gasteiger partial charge on any atom is 0.466 e. The Morgan fingerprint density at radius 1 is 1.60 bits per heavy atom. The number of hydrogen-bond donors (Lipinski definition) is 4. The Balaban J connectivity index is 0. The van der Waals surface area contributed by atoms with Gasteiger partial charge in [0.25, 0.3) is 0 Å². The molecule has 0 spiro atoms. The third kappa shape index (κ3) is 142. The van der Waals surface area contributed by atoms with Crippen molar-refractivity contribution in [3.8, 4) is 0 Å². The van der Waals surface area contributed by atoms with Crippen molar-refractivity contribution in [3.63, 3.8) is 0 Å². The number of nitrogens with zero attached hydrogens (tertiary/aromatic N) is 1. The fourth-order valence-corrected chi connectivity index (χ4v) is 0.0791. The van der Waals surface area contributed by atoms with Crippen LogP contribution in [0, 0.1) is 5.41 Å². The van der Waals surface area contributed by atoms with Gasteiger partial charge >= 0.3 is 7.82 Å². The fraction of sp³-hybridized carbons (Fsp3) is 0.667. The zero-order valence-electron chi connectivity index (χ0n) is 5.35. The molecule has 0 aliphatic carbocycles. The van der Waals surface area contributed by atoms with Crippen molar-refractivity contribution in [2.45, 2.75) is 6.92 Å². The van der Waals surface area contributed by atoms with Gasteiger partial charge < -0.3 is 14.7 Å². The molecule has 0 aromatic carbocycles. The first kappa shape index (κ1) is 12.2. The third-order valence-corrected chi connectivity index (χ3v) is 0.237. The van der Waals surface area contributed by atoms with Crippen LogP contribution >= 0.6 is 7.82 Å². The predicted octanol–water partition coefficient (Wildman–Crippen LogP) is -0.170. The van der Waals surface area contributed by atoms with Crippen LogP contribution in [0.4, 0.5) is 0 Å². The molecule has 0 heterocycles. The van der Waals surface area contributed by atoms with Gasteiger partial charge in [0, 0.05) is 6.54 Å². The van der Waals surface area contributed by atoms with Gasteiger partial charge in [0.1, 0.15) is 0 Å². The van der Waals surface area contributed by atoms with Gasteiger partial charge in [-0.25, -0.2) is 15.0 Å². The zero-order valence-corrected chi connectivity index (χ0v) is 6.25. The highest BCUT2D eigenvalue weighted by Gasteiger charge is 2.00. The van der Waals surface area contributed by atoms with E-state index in [1.54, 1.807) is 0 Å². The van der Waals surface area contributed by atoms with Crippen molar-refractivity contribution in [1.82, 2.24) is 0 Å². The second-order valence-electron chi connectivity index (χ2n) is 1.10. The Morgan fingerprint density at radius 2 is 1.90 bits per heavy atom. The van der Waals surface area contributed by atoms with E-state index in [0.717, 1.165) is 0 Å². The number of aliphatic imine (C=N–C) groups is 1. The fourth-order valence-electron chi connectivity index (χ4n) is 0.0791. The maximum atomic E-state index is 8.88. The summed E-state index contributed by atoms with van der Waals surface area (Å²) < 4.78 is 8.88. The Kier molecular flexibility index (Phi) is 8.06. The molecule has 0 aliphatic rings. The van der Waals surface area contributed by atoms with E-state index in [1.807, 2.05) is 12.9 Å². The van der Waals surface area contributed by atoms with Crippen molar-refractivity contribution in [3.05, 3.63) is 0 Å². The lowest BCUT2D eigenvalue weighted by molar-refractivity contribution is 0.275. The molecule has 0 amide bonds. The molecule has 0 fully saturated rings. The van der Waals surface area contributed by atoms with E-state index in [0.29, 0.717) is 6.54 Å². The Labute approximate surface area is 58.0 Å². The highest BCUT2D eigenvalue weighted by Crippen LogP contribution is 2.25. The monoisotopic (exact) mass is 168 g/mol. The summed E-state index contributed by atoms with van der Waals surface area (Å²) in [5.74, 6) is 0. The van der Waals surface area contributed by atoms with Crippen molar-refractivity contribution in [1.29, 1.82) is 5.41 Å². The standard InChI is InChI=1S/C3H6N2.H3O4P/c1-2-5-3-4;1-5(2,3)4/h4H,2H2,1H3;(H3,1,2,3,4). The van der Waals surface area contributed by atoms with Gasteiger partial charge in [-0.15, -0.1) is 0 Å².